The number of halogens is 3. The van der Waals surface area contributed by atoms with E-state index in [0.717, 1.165) is 12.0 Å². The van der Waals surface area contributed by atoms with E-state index in [2.05, 4.69) is 42.0 Å². The standard InChI is InChI=1S/C15H20BrCl2NO/c1-15(2,3)8-11(16)9-19-14(20)7-10-4-5-12(17)13(18)6-10/h4-6,11H,7-9H2,1-3H3,(H,19,20). The van der Waals surface area contributed by atoms with Gasteiger partial charge in [-0.1, -0.05) is 66.0 Å². The normalized spacial score (nSPS) is 13.1. The Hall–Kier alpha value is -0.250. The zero-order valence-electron chi connectivity index (χ0n) is 12.0. The number of carbonyl (C=O) groups is 1. The summed E-state index contributed by atoms with van der Waals surface area (Å²) < 4.78 is 0. The van der Waals surface area contributed by atoms with Crippen LogP contribution in [0, 0.1) is 5.41 Å². The second-order valence-electron chi connectivity index (χ2n) is 6.09. The monoisotopic (exact) mass is 379 g/mol. The van der Waals surface area contributed by atoms with E-state index >= 15 is 0 Å². The Kier molecular flexibility index (Phi) is 6.83. The first-order valence-electron chi connectivity index (χ1n) is 6.52. The highest BCUT2D eigenvalue weighted by Crippen LogP contribution is 2.24. The zero-order chi connectivity index (χ0) is 15.3. The number of alkyl halides is 1. The maximum Gasteiger partial charge on any atom is 0.224 e. The average molecular weight is 381 g/mol. The first-order chi connectivity index (χ1) is 9.17. The summed E-state index contributed by atoms with van der Waals surface area (Å²) in [5, 5.41) is 3.90. The molecule has 1 rings (SSSR count). The first kappa shape index (κ1) is 17.8. The zero-order valence-corrected chi connectivity index (χ0v) is 15.1. The molecule has 1 unspecified atom stereocenters. The van der Waals surface area contributed by atoms with Gasteiger partial charge in [0.2, 0.25) is 5.91 Å². The lowest BCUT2D eigenvalue weighted by Crippen LogP contribution is -2.32. The minimum Gasteiger partial charge on any atom is -0.355 e. The van der Waals surface area contributed by atoms with Crippen LogP contribution in [0.15, 0.2) is 18.2 Å². The molecule has 0 aliphatic heterocycles. The van der Waals surface area contributed by atoms with Crippen molar-refractivity contribution in [1.29, 1.82) is 0 Å². The molecular formula is C15H20BrCl2NO. The van der Waals surface area contributed by atoms with Gasteiger partial charge in [-0.3, -0.25) is 4.79 Å². The second-order valence-corrected chi connectivity index (χ2v) is 8.20. The van der Waals surface area contributed by atoms with E-state index in [1.165, 1.54) is 0 Å². The lowest BCUT2D eigenvalue weighted by atomic mass is 9.90. The molecule has 0 fully saturated rings. The molecule has 0 saturated carbocycles. The van der Waals surface area contributed by atoms with Gasteiger partial charge in [0.25, 0.3) is 0 Å². The van der Waals surface area contributed by atoms with Gasteiger partial charge in [-0.05, 0) is 29.5 Å². The Balaban J connectivity index is 2.42. The number of carbonyl (C=O) groups excluding carboxylic acids is 1. The van der Waals surface area contributed by atoms with Gasteiger partial charge in [-0.2, -0.15) is 0 Å². The summed E-state index contributed by atoms with van der Waals surface area (Å²) in [4.78, 5) is 12.1. The van der Waals surface area contributed by atoms with Gasteiger partial charge in [0.1, 0.15) is 0 Å². The Labute approximate surface area is 139 Å². The highest BCUT2D eigenvalue weighted by atomic mass is 79.9. The van der Waals surface area contributed by atoms with Gasteiger partial charge in [0, 0.05) is 11.4 Å². The molecule has 0 radical (unpaired) electrons. The van der Waals surface area contributed by atoms with E-state index in [1.54, 1.807) is 12.1 Å². The third-order valence-corrected chi connectivity index (χ3v) is 4.09. The first-order valence-corrected chi connectivity index (χ1v) is 8.19. The molecule has 0 saturated heterocycles. The van der Waals surface area contributed by atoms with Crippen LogP contribution in [-0.2, 0) is 11.2 Å². The number of rotatable bonds is 5. The Morgan fingerprint density at radius 1 is 1.30 bits per heavy atom. The van der Waals surface area contributed by atoms with Crippen LogP contribution in [0.5, 0.6) is 0 Å². The summed E-state index contributed by atoms with van der Waals surface area (Å²) in [5.41, 5.74) is 1.10. The molecule has 0 aromatic heterocycles. The molecule has 1 aromatic rings. The SMILES string of the molecule is CC(C)(C)CC(Br)CNC(=O)Cc1ccc(Cl)c(Cl)c1. The van der Waals surface area contributed by atoms with Crippen molar-refractivity contribution in [3.05, 3.63) is 33.8 Å². The molecule has 1 N–H and O–H groups in total. The molecule has 1 atom stereocenters. The van der Waals surface area contributed by atoms with Gasteiger partial charge in [0.05, 0.1) is 16.5 Å². The Bertz CT molecular complexity index is 471. The van der Waals surface area contributed by atoms with Crippen LogP contribution in [0.2, 0.25) is 10.0 Å². The van der Waals surface area contributed by atoms with E-state index in [9.17, 15) is 4.79 Å². The van der Waals surface area contributed by atoms with Gasteiger partial charge >= 0.3 is 0 Å². The predicted molar refractivity (Wildman–Crippen MR) is 90.0 cm³/mol. The average Bonchev–Trinajstić information content (AvgIpc) is 2.29. The Morgan fingerprint density at radius 3 is 2.50 bits per heavy atom. The van der Waals surface area contributed by atoms with Crippen LogP contribution < -0.4 is 5.32 Å². The van der Waals surface area contributed by atoms with Crippen molar-refractivity contribution in [3.8, 4) is 0 Å². The molecule has 20 heavy (non-hydrogen) atoms. The molecule has 112 valence electrons. The van der Waals surface area contributed by atoms with E-state index < -0.39 is 0 Å². The van der Waals surface area contributed by atoms with Crippen molar-refractivity contribution in [2.75, 3.05) is 6.54 Å². The topological polar surface area (TPSA) is 29.1 Å². The summed E-state index contributed by atoms with van der Waals surface area (Å²) in [6.07, 6.45) is 1.31. The third-order valence-electron chi connectivity index (χ3n) is 2.70. The maximum atomic E-state index is 11.9. The molecule has 5 heteroatoms. The summed E-state index contributed by atoms with van der Waals surface area (Å²) in [7, 11) is 0. The Morgan fingerprint density at radius 2 is 1.95 bits per heavy atom. The van der Waals surface area contributed by atoms with Crippen LogP contribution in [0.1, 0.15) is 32.8 Å². The van der Waals surface area contributed by atoms with Crippen molar-refractivity contribution < 1.29 is 4.79 Å². The fraction of sp³-hybridized carbons (Fsp3) is 0.533. The minimum atomic E-state index is -0.0123. The molecule has 1 aromatic carbocycles. The van der Waals surface area contributed by atoms with Gasteiger partial charge < -0.3 is 5.32 Å². The largest absolute Gasteiger partial charge is 0.355 e. The molecule has 0 aliphatic rings. The summed E-state index contributed by atoms with van der Waals surface area (Å²) in [6, 6.07) is 5.25. The van der Waals surface area contributed by atoms with Gasteiger partial charge in [-0.15, -0.1) is 0 Å². The second kappa shape index (κ2) is 7.67. The number of amides is 1. The van der Waals surface area contributed by atoms with Crippen molar-refractivity contribution in [1.82, 2.24) is 5.32 Å². The van der Waals surface area contributed by atoms with E-state index in [0.29, 0.717) is 23.0 Å². The lowest BCUT2D eigenvalue weighted by Gasteiger charge is -2.22. The summed E-state index contributed by atoms with van der Waals surface area (Å²) in [6.45, 7) is 7.16. The molecule has 0 bridgehead atoms. The lowest BCUT2D eigenvalue weighted by molar-refractivity contribution is -0.120. The fourth-order valence-electron chi connectivity index (χ4n) is 1.86. The van der Waals surface area contributed by atoms with Crippen molar-refractivity contribution in [2.24, 2.45) is 5.41 Å². The number of nitrogens with one attached hydrogen (secondary N) is 1. The summed E-state index contributed by atoms with van der Waals surface area (Å²) >= 11 is 15.4. The molecule has 1 amide bonds. The van der Waals surface area contributed by atoms with Crippen molar-refractivity contribution in [3.63, 3.8) is 0 Å². The van der Waals surface area contributed by atoms with Crippen LogP contribution in [0.4, 0.5) is 0 Å². The smallest absolute Gasteiger partial charge is 0.224 e. The third kappa shape index (κ3) is 6.96. The quantitative estimate of drug-likeness (QED) is 0.726. The van der Waals surface area contributed by atoms with Crippen LogP contribution in [0.25, 0.3) is 0 Å². The van der Waals surface area contributed by atoms with E-state index in [4.69, 9.17) is 23.2 Å². The predicted octanol–water partition coefficient (Wildman–Crippen LogP) is 4.85. The van der Waals surface area contributed by atoms with Crippen molar-refractivity contribution >= 4 is 45.0 Å². The summed E-state index contributed by atoms with van der Waals surface area (Å²) in [5.74, 6) is -0.0123. The van der Waals surface area contributed by atoms with Gasteiger partial charge in [-0.25, -0.2) is 0 Å². The molecule has 0 spiro atoms. The fourth-order valence-corrected chi connectivity index (χ4v) is 3.31. The highest BCUT2D eigenvalue weighted by Gasteiger charge is 2.17. The van der Waals surface area contributed by atoms with E-state index in [1.807, 2.05) is 6.07 Å². The van der Waals surface area contributed by atoms with E-state index in [-0.39, 0.29) is 16.1 Å². The van der Waals surface area contributed by atoms with Crippen LogP contribution in [-0.4, -0.2) is 17.3 Å². The number of hydrogen-bond acceptors (Lipinski definition) is 1. The maximum absolute atomic E-state index is 11.9. The molecule has 2 nitrogen and oxygen atoms in total. The molecular weight excluding hydrogens is 361 g/mol. The van der Waals surface area contributed by atoms with Crippen LogP contribution >= 0.6 is 39.1 Å². The number of benzene rings is 1. The minimum absolute atomic E-state index is 0.0123. The van der Waals surface area contributed by atoms with Crippen molar-refractivity contribution in [2.45, 2.75) is 38.4 Å². The number of hydrogen-bond donors (Lipinski definition) is 1. The molecule has 0 aliphatic carbocycles. The highest BCUT2D eigenvalue weighted by molar-refractivity contribution is 9.09. The van der Waals surface area contributed by atoms with Crippen LogP contribution in [0.3, 0.4) is 0 Å². The molecule has 0 heterocycles. The van der Waals surface area contributed by atoms with Gasteiger partial charge in [0.15, 0.2) is 0 Å².